The molecule has 0 bridgehead atoms. The van der Waals surface area contributed by atoms with Crippen molar-refractivity contribution >= 4 is 112 Å². The Labute approximate surface area is 265 Å². The summed E-state index contributed by atoms with van der Waals surface area (Å²) in [5.74, 6) is 0. The van der Waals surface area contributed by atoms with Crippen molar-refractivity contribution in [2.24, 2.45) is 0 Å². The van der Waals surface area contributed by atoms with E-state index in [-0.39, 0.29) is 0 Å². The van der Waals surface area contributed by atoms with Gasteiger partial charge in [-0.05, 0) is 75.8 Å². The number of aromatic nitrogens is 1. The number of hydrogen-bond donors (Lipinski definition) is 0. The van der Waals surface area contributed by atoms with Gasteiger partial charge in [-0.2, -0.15) is 0 Å². The lowest BCUT2D eigenvalue weighted by atomic mass is 9.99. The maximum absolute atomic E-state index is 2.55. The van der Waals surface area contributed by atoms with Crippen molar-refractivity contribution in [2.45, 2.75) is 0 Å². The van der Waals surface area contributed by atoms with Crippen molar-refractivity contribution < 1.29 is 0 Å². The number of nitrogens with zero attached hydrogens (tertiary/aromatic N) is 1. The predicted molar refractivity (Wildman–Crippen MR) is 199 cm³/mol. The first-order valence-electron chi connectivity index (χ1n) is 15.4. The first-order chi connectivity index (χ1) is 22.3. The molecule has 0 aliphatic carbocycles. The molecule has 0 amide bonds. The number of benzene rings is 7. The fraction of sp³-hybridized carbons (Fsp3) is 0. The first-order valence-corrected chi connectivity index (χ1v) is 17.0. The van der Waals surface area contributed by atoms with Crippen LogP contribution < -0.4 is 0 Å². The summed E-state index contributed by atoms with van der Waals surface area (Å²) in [4.78, 5) is 0. The molecule has 11 aromatic rings. The average Bonchev–Trinajstić information content (AvgIpc) is 3.77. The van der Waals surface area contributed by atoms with Gasteiger partial charge in [-0.1, -0.05) is 91.0 Å². The lowest BCUT2D eigenvalue weighted by Crippen LogP contribution is -1.86. The van der Waals surface area contributed by atoms with Crippen molar-refractivity contribution in [1.29, 1.82) is 0 Å². The van der Waals surface area contributed by atoms with Crippen LogP contribution in [0.4, 0.5) is 0 Å². The minimum Gasteiger partial charge on any atom is -0.308 e. The molecule has 0 atom stereocenters. The molecule has 0 fully saturated rings. The fourth-order valence-electron chi connectivity index (χ4n) is 7.83. The van der Waals surface area contributed by atoms with Crippen LogP contribution in [0.1, 0.15) is 0 Å². The van der Waals surface area contributed by atoms with E-state index in [0.717, 1.165) is 0 Å². The lowest BCUT2D eigenvalue weighted by molar-refractivity contribution is 1.36. The second kappa shape index (κ2) is 8.70. The van der Waals surface area contributed by atoms with E-state index in [1.54, 1.807) is 0 Å². The maximum atomic E-state index is 2.55. The van der Waals surface area contributed by atoms with Gasteiger partial charge >= 0.3 is 0 Å². The number of para-hydroxylation sites is 1. The molecule has 0 aliphatic heterocycles. The highest BCUT2D eigenvalue weighted by molar-refractivity contribution is 7.26. The minimum absolute atomic E-state index is 1.24. The average molecular weight is 606 g/mol. The zero-order chi connectivity index (χ0) is 29.2. The Morgan fingerprint density at radius 2 is 0.889 bits per heavy atom. The van der Waals surface area contributed by atoms with E-state index in [9.17, 15) is 0 Å². The van der Waals surface area contributed by atoms with Crippen LogP contribution in [-0.2, 0) is 0 Å². The standard InChI is InChI=1S/C42H23NS2/c1-2-9-27-26(8-1)29-11-6-16-38-40(29)41-35(14-7-17-39(41)45-38)43-34-20-18-24(22-32(34)31-13-5-12-30(27)42(31)43)25-19-21-37-33(23-25)28-10-3-4-15-36(28)44-37/h1-23H. The normalized spacial score (nSPS) is 12.4. The smallest absolute Gasteiger partial charge is 0.0619 e. The molecule has 0 spiro atoms. The summed E-state index contributed by atoms with van der Waals surface area (Å²) >= 11 is 3.77. The van der Waals surface area contributed by atoms with E-state index in [0.29, 0.717) is 0 Å². The van der Waals surface area contributed by atoms with Gasteiger partial charge in [-0.3, -0.25) is 0 Å². The van der Waals surface area contributed by atoms with Crippen molar-refractivity contribution in [2.75, 3.05) is 0 Å². The molecule has 0 saturated heterocycles. The van der Waals surface area contributed by atoms with Gasteiger partial charge < -0.3 is 4.40 Å². The molecule has 0 aliphatic rings. The van der Waals surface area contributed by atoms with Crippen LogP contribution in [0.3, 0.4) is 0 Å². The Morgan fingerprint density at radius 1 is 0.333 bits per heavy atom. The number of rotatable bonds is 1. The molecule has 208 valence electrons. The summed E-state index contributed by atoms with van der Waals surface area (Å²) in [6.07, 6.45) is 0. The summed E-state index contributed by atoms with van der Waals surface area (Å²) in [7, 11) is 0. The Balaban J connectivity index is 1.34. The molecule has 0 radical (unpaired) electrons. The summed E-state index contributed by atoms with van der Waals surface area (Å²) in [5, 5.41) is 13.1. The van der Waals surface area contributed by atoms with Crippen molar-refractivity contribution in [3.05, 3.63) is 140 Å². The SMILES string of the molecule is c1ccc2c(c1)sc1ccc(-c3ccc4c(c3)c3cccc5c6ccccc6c6cccc7sc8cccc(c8c76)n4c53)cc12. The van der Waals surface area contributed by atoms with Crippen molar-refractivity contribution in [1.82, 2.24) is 4.40 Å². The largest absolute Gasteiger partial charge is 0.308 e. The molecule has 1 nitrogen and oxygen atoms in total. The topological polar surface area (TPSA) is 4.41 Å². The van der Waals surface area contributed by atoms with Gasteiger partial charge in [-0.25, -0.2) is 0 Å². The molecule has 0 N–H and O–H groups in total. The summed E-state index contributed by atoms with van der Waals surface area (Å²) in [6, 6.07) is 52.3. The Morgan fingerprint density at radius 3 is 1.76 bits per heavy atom. The second-order valence-electron chi connectivity index (χ2n) is 12.1. The third-order valence-corrected chi connectivity index (χ3v) is 12.0. The molecule has 4 aromatic heterocycles. The van der Waals surface area contributed by atoms with Gasteiger partial charge in [0.1, 0.15) is 0 Å². The van der Waals surface area contributed by atoms with Gasteiger partial charge in [0.15, 0.2) is 0 Å². The van der Waals surface area contributed by atoms with Gasteiger partial charge in [0.05, 0.1) is 16.6 Å². The predicted octanol–water partition coefficient (Wildman–Crippen LogP) is 13.0. The fourth-order valence-corrected chi connectivity index (χ4v) is 10.1. The van der Waals surface area contributed by atoms with Gasteiger partial charge in [0.25, 0.3) is 0 Å². The van der Waals surface area contributed by atoms with E-state index in [1.165, 1.54) is 100 Å². The highest BCUT2D eigenvalue weighted by atomic mass is 32.1. The molecule has 45 heavy (non-hydrogen) atoms. The zero-order valence-corrected chi connectivity index (χ0v) is 25.7. The highest BCUT2D eigenvalue weighted by Gasteiger charge is 2.18. The van der Waals surface area contributed by atoms with E-state index < -0.39 is 0 Å². The maximum Gasteiger partial charge on any atom is 0.0619 e. The first kappa shape index (κ1) is 24.1. The molecule has 11 rings (SSSR count). The summed E-state index contributed by atoms with van der Waals surface area (Å²) in [6.45, 7) is 0. The number of thiophene rings is 2. The van der Waals surface area contributed by atoms with E-state index in [2.05, 4.69) is 144 Å². The quantitative estimate of drug-likeness (QED) is 0.175. The minimum atomic E-state index is 1.24. The van der Waals surface area contributed by atoms with Gasteiger partial charge in [0, 0.05) is 56.5 Å². The molecule has 4 heterocycles. The number of hydrogen-bond acceptors (Lipinski definition) is 2. The van der Waals surface area contributed by atoms with Crippen LogP contribution in [0, 0.1) is 0 Å². The van der Waals surface area contributed by atoms with Crippen LogP contribution in [0.2, 0.25) is 0 Å². The van der Waals surface area contributed by atoms with Crippen LogP contribution in [-0.4, -0.2) is 4.40 Å². The molecule has 7 aromatic carbocycles. The lowest BCUT2D eigenvalue weighted by Gasteiger charge is -2.05. The highest BCUT2D eigenvalue weighted by Crippen LogP contribution is 2.45. The monoisotopic (exact) mass is 605 g/mol. The van der Waals surface area contributed by atoms with Gasteiger partial charge in [-0.15, -0.1) is 22.7 Å². The van der Waals surface area contributed by atoms with Crippen LogP contribution in [0.5, 0.6) is 0 Å². The summed E-state index contributed by atoms with van der Waals surface area (Å²) in [5.41, 5.74) is 6.28. The zero-order valence-electron chi connectivity index (χ0n) is 24.0. The van der Waals surface area contributed by atoms with E-state index >= 15 is 0 Å². The summed E-state index contributed by atoms with van der Waals surface area (Å²) < 4.78 is 7.89. The molecule has 3 heteroatoms. The van der Waals surface area contributed by atoms with Crippen molar-refractivity contribution in [3.8, 4) is 11.1 Å². The molecular formula is C42H23NS2. The Kier molecular flexibility index (Phi) is 4.67. The third kappa shape index (κ3) is 3.16. The van der Waals surface area contributed by atoms with E-state index in [1.807, 2.05) is 22.7 Å². The van der Waals surface area contributed by atoms with Crippen LogP contribution in [0.15, 0.2) is 140 Å². The van der Waals surface area contributed by atoms with Gasteiger partial charge in [0.2, 0.25) is 0 Å². The second-order valence-corrected chi connectivity index (χ2v) is 14.2. The molecule has 0 saturated carbocycles. The van der Waals surface area contributed by atoms with Crippen LogP contribution >= 0.6 is 22.7 Å². The Bertz CT molecular complexity index is 3040. The Hall–Kier alpha value is -5.22. The van der Waals surface area contributed by atoms with Crippen LogP contribution in [0.25, 0.3) is 100 Å². The number of fused-ring (bicyclic) bond motifs is 10. The van der Waals surface area contributed by atoms with Crippen molar-refractivity contribution in [3.63, 3.8) is 0 Å². The molecular weight excluding hydrogens is 583 g/mol. The van der Waals surface area contributed by atoms with E-state index in [4.69, 9.17) is 0 Å². The third-order valence-electron chi connectivity index (χ3n) is 9.75. The molecule has 0 unspecified atom stereocenters.